The smallest absolute Gasteiger partial charge is 0.263 e. The van der Waals surface area contributed by atoms with Gasteiger partial charge in [-0.3, -0.25) is 14.9 Å². The van der Waals surface area contributed by atoms with E-state index in [4.69, 9.17) is 0 Å². The first-order valence-corrected chi connectivity index (χ1v) is 6.31. The Morgan fingerprint density at radius 1 is 1.40 bits per heavy atom. The number of pyridine rings is 1. The third kappa shape index (κ3) is 2.79. The van der Waals surface area contributed by atoms with Gasteiger partial charge < -0.3 is 9.55 Å². The van der Waals surface area contributed by atoms with Gasteiger partial charge in [0, 0.05) is 42.8 Å². The predicted molar refractivity (Wildman–Crippen MR) is 76.9 cm³/mol. The van der Waals surface area contributed by atoms with Crippen molar-refractivity contribution < 1.29 is 4.79 Å². The van der Waals surface area contributed by atoms with Gasteiger partial charge in [-0.15, -0.1) is 0 Å². The average molecular weight is 274 g/mol. The number of anilines is 1. The molecule has 2 heterocycles. The molecule has 6 heteroatoms. The van der Waals surface area contributed by atoms with Crippen LogP contribution in [0.3, 0.4) is 0 Å². The fraction of sp³-hybridized carbons (Fsp3) is 0.357. The highest BCUT2D eigenvalue weighted by Crippen LogP contribution is 2.18. The van der Waals surface area contributed by atoms with Crippen LogP contribution in [-0.4, -0.2) is 20.4 Å². The summed E-state index contributed by atoms with van der Waals surface area (Å²) in [6, 6.07) is 1.47. The van der Waals surface area contributed by atoms with E-state index in [0.29, 0.717) is 5.95 Å². The highest BCUT2D eigenvalue weighted by Gasteiger charge is 2.18. The lowest BCUT2D eigenvalue weighted by atomic mass is 9.91. The second-order valence-electron chi connectivity index (χ2n) is 5.69. The Bertz CT molecular complexity index is 692. The van der Waals surface area contributed by atoms with E-state index in [2.05, 4.69) is 15.3 Å². The summed E-state index contributed by atoms with van der Waals surface area (Å²) < 4.78 is 1.66. The SMILES string of the molecule is Cn1ccnc1NC(=O)c1c[nH]c(C(C)(C)C)cc1=O. The number of hydrogen-bond acceptors (Lipinski definition) is 3. The molecule has 0 aliphatic heterocycles. The van der Waals surface area contributed by atoms with E-state index in [1.54, 1.807) is 24.0 Å². The molecule has 2 aromatic heterocycles. The Kier molecular flexibility index (Phi) is 3.48. The van der Waals surface area contributed by atoms with Crippen LogP contribution in [0.15, 0.2) is 29.5 Å². The maximum atomic E-state index is 12.1. The molecule has 2 N–H and O–H groups in total. The zero-order valence-corrected chi connectivity index (χ0v) is 12.0. The number of H-pyrrole nitrogens is 1. The third-order valence-corrected chi connectivity index (χ3v) is 3.01. The Morgan fingerprint density at radius 3 is 2.60 bits per heavy atom. The van der Waals surface area contributed by atoms with E-state index in [0.717, 1.165) is 5.69 Å². The fourth-order valence-corrected chi connectivity index (χ4v) is 1.74. The van der Waals surface area contributed by atoms with Crippen molar-refractivity contribution in [3.63, 3.8) is 0 Å². The summed E-state index contributed by atoms with van der Waals surface area (Å²) in [5.41, 5.74) is 0.380. The number of nitrogens with one attached hydrogen (secondary N) is 2. The zero-order chi connectivity index (χ0) is 14.9. The first kappa shape index (κ1) is 14.0. The van der Waals surface area contributed by atoms with E-state index in [-0.39, 0.29) is 16.4 Å². The minimum Gasteiger partial charge on any atom is -0.364 e. The second kappa shape index (κ2) is 4.96. The Balaban J connectivity index is 2.28. The number of aromatic nitrogens is 3. The molecule has 0 unspecified atom stereocenters. The molecule has 0 saturated carbocycles. The highest BCUT2D eigenvalue weighted by atomic mass is 16.2. The van der Waals surface area contributed by atoms with Crippen molar-refractivity contribution in [3.8, 4) is 0 Å². The van der Waals surface area contributed by atoms with Crippen LogP contribution in [0.25, 0.3) is 0 Å². The lowest BCUT2D eigenvalue weighted by Gasteiger charge is -2.18. The molecule has 0 saturated heterocycles. The van der Waals surface area contributed by atoms with Crippen LogP contribution in [0.5, 0.6) is 0 Å². The van der Waals surface area contributed by atoms with Crippen molar-refractivity contribution in [2.24, 2.45) is 7.05 Å². The summed E-state index contributed by atoms with van der Waals surface area (Å²) in [4.78, 5) is 31.1. The highest BCUT2D eigenvalue weighted by molar-refractivity contribution is 6.03. The summed E-state index contributed by atoms with van der Waals surface area (Å²) in [5, 5.41) is 2.60. The average Bonchev–Trinajstić information content (AvgIpc) is 2.73. The molecule has 0 spiro atoms. The van der Waals surface area contributed by atoms with Gasteiger partial charge in [-0.1, -0.05) is 20.8 Å². The van der Waals surface area contributed by atoms with Gasteiger partial charge in [0.2, 0.25) is 5.95 Å². The normalized spacial score (nSPS) is 11.4. The first-order valence-electron chi connectivity index (χ1n) is 6.31. The molecule has 2 aromatic rings. The van der Waals surface area contributed by atoms with Gasteiger partial charge in [0.1, 0.15) is 5.56 Å². The molecular weight excluding hydrogens is 256 g/mol. The Morgan fingerprint density at radius 2 is 2.10 bits per heavy atom. The van der Waals surface area contributed by atoms with Gasteiger partial charge >= 0.3 is 0 Å². The lowest BCUT2D eigenvalue weighted by Crippen LogP contribution is -2.25. The molecule has 0 aliphatic carbocycles. The van der Waals surface area contributed by atoms with Crippen LogP contribution in [0.4, 0.5) is 5.95 Å². The molecule has 2 rings (SSSR count). The van der Waals surface area contributed by atoms with Crippen molar-refractivity contribution >= 4 is 11.9 Å². The summed E-state index contributed by atoms with van der Waals surface area (Å²) in [5.74, 6) is -0.0738. The van der Waals surface area contributed by atoms with E-state index >= 15 is 0 Å². The summed E-state index contributed by atoms with van der Waals surface area (Å²) in [7, 11) is 1.76. The fourth-order valence-electron chi connectivity index (χ4n) is 1.74. The van der Waals surface area contributed by atoms with Crippen LogP contribution >= 0.6 is 0 Å². The van der Waals surface area contributed by atoms with E-state index in [9.17, 15) is 9.59 Å². The minimum atomic E-state index is -0.471. The molecule has 0 atom stereocenters. The summed E-state index contributed by atoms with van der Waals surface area (Å²) in [6.07, 6.45) is 4.73. The van der Waals surface area contributed by atoms with Gasteiger partial charge in [0.05, 0.1) is 0 Å². The molecule has 106 valence electrons. The van der Waals surface area contributed by atoms with E-state index < -0.39 is 5.91 Å². The van der Waals surface area contributed by atoms with Crippen LogP contribution in [0.2, 0.25) is 0 Å². The third-order valence-electron chi connectivity index (χ3n) is 3.01. The molecule has 1 amide bonds. The number of hydrogen-bond donors (Lipinski definition) is 2. The zero-order valence-electron chi connectivity index (χ0n) is 12.0. The maximum absolute atomic E-state index is 12.1. The monoisotopic (exact) mass is 274 g/mol. The molecule has 0 fully saturated rings. The predicted octanol–water partition coefficient (Wildman–Crippen LogP) is 1.66. The van der Waals surface area contributed by atoms with Crippen LogP contribution in [-0.2, 0) is 12.5 Å². The number of amides is 1. The molecule has 20 heavy (non-hydrogen) atoms. The van der Waals surface area contributed by atoms with Crippen molar-refractivity contribution in [2.45, 2.75) is 26.2 Å². The largest absolute Gasteiger partial charge is 0.364 e. The van der Waals surface area contributed by atoms with Crippen LogP contribution in [0.1, 0.15) is 36.8 Å². The molecule has 0 radical (unpaired) electrons. The molecule has 0 aliphatic rings. The van der Waals surface area contributed by atoms with Gasteiger partial charge in [0.25, 0.3) is 5.91 Å². The van der Waals surface area contributed by atoms with Crippen LogP contribution in [0, 0.1) is 0 Å². The van der Waals surface area contributed by atoms with Gasteiger partial charge in [-0.2, -0.15) is 0 Å². The number of aromatic amines is 1. The van der Waals surface area contributed by atoms with Crippen molar-refractivity contribution in [1.82, 2.24) is 14.5 Å². The standard InChI is InChI=1S/C14H18N4O2/c1-14(2,3)11-7-10(19)9(8-16-11)12(20)17-13-15-5-6-18(13)4/h5-8H,1-4H3,(H,16,19)(H,15,17,20). The lowest BCUT2D eigenvalue weighted by molar-refractivity contribution is 0.102. The Labute approximate surface area is 116 Å². The van der Waals surface area contributed by atoms with Gasteiger partial charge in [-0.05, 0) is 0 Å². The number of carbonyl (C=O) groups is 1. The first-order chi connectivity index (χ1) is 9.29. The number of carbonyl (C=O) groups excluding carboxylic acids is 1. The Hall–Kier alpha value is -2.37. The van der Waals surface area contributed by atoms with E-state index in [1.807, 2.05) is 20.8 Å². The molecular formula is C14H18N4O2. The van der Waals surface area contributed by atoms with Crippen LogP contribution < -0.4 is 10.7 Å². The second-order valence-corrected chi connectivity index (χ2v) is 5.69. The minimum absolute atomic E-state index is 0.0704. The molecule has 0 bridgehead atoms. The molecule has 0 aromatic carbocycles. The number of aryl methyl sites for hydroxylation is 1. The maximum Gasteiger partial charge on any atom is 0.263 e. The van der Waals surface area contributed by atoms with Gasteiger partial charge in [-0.25, -0.2) is 4.98 Å². The van der Waals surface area contributed by atoms with Gasteiger partial charge in [0.15, 0.2) is 5.43 Å². The summed E-state index contributed by atoms with van der Waals surface area (Å²) >= 11 is 0. The molecule has 6 nitrogen and oxygen atoms in total. The van der Waals surface area contributed by atoms with E-state index in [1.165, 1.54) is 12.3 Å². The number of rotatable bonds is 2. The number of nitrogens with zero attached hydrogens (tertiary/aromatic N) is 2. The summed E-state index contributed by atoms with van der Waals surface area (Å²) in [6.45, 7) is 5.98. The quantitative estimate of drug-likeness (QED) is 0.874. The topological polar surface area (TPSA) is 79.8 Å². The van der Waals surface area contributed by atoms with Crippen molar-refractivity contribution in [2.75, 3.05) is 5.32 Å². The number of imidazole rings is 1. The van der Waals surface area contributed by atoms with Crippen molar-refractivity contribution in [3.05, 3.63) is 46.1 Å². The van der Waals surface area contributed by atoms with Crippen molar-refractivity contribution in [1.29, 1.82) is 0 Å².